The third-order valence-electron chi connectivity index (χ3n) is 5.55. The van der Waals surface area contributed by atoms with Crippen LogP contribution in [0.3, 0.4) is 0 Å². The number of nitrogens with zero attached hydrogens (tertiary/aromatic N) is 4. The van der Waals surface area contributed by atoms with Gasteiger partial charge in [-0.3, -0.25) is 4.79 Å². The first-order valence-corrected chi connectivity index (χ1v) is 9.85. The van der Waals surface area contributed by atoms with E-state index < -0.39 is 5.60 Å². The van der Waals surface area contributed by atoms with Crippen molar-refractivity contribution in [1.82, 2.24) is 9.97 Å². The van der Waals surface area contributed by atoms with Gasteiger partial charge in [0.15, 0.2) is 5.82 Å². The number of ether oxygens (including phenoxy) is 1. The lowest BCUT2D eigenvalue weighted by molar-refractivity contribution is 0.0994. The first-order valence-electron chi connectivity index (χ1n) is 9.47. The second kappa shape index (κ2) is 6.54. The summed E-state index contributed by atoms with van der Waals surface area (Å²) in [5.74, 6) is 1.06. The van der Waals surface area contributed by atoms with Crippen LogP contribution in [0.4, 0.5) is 17.3 Å². The van der Waals surface area contributed by atoms with Crippen LogP contribution in [0.2, 0.25) is 5.15 Å². The number of benzene rings is 1. The molecular weight excluding hydrogens is 388 g/mol. The zero-order valence-electron chi connectivity index (χ0n) is 16.1. The molecule has 1 amide bonds. The summed E-state index contributed by atoms with van der Waals surface area (Å²) in [6.07, 6.45) is 1.80. The fraction of sp³-hybridized carbons (Fsp3) is 0.227. The van der Waals surface area contributed by atoms with Crippen LogP contribution in [0.5, 0.6) is 0 Å². The first-order chi connectivity index (χ1) is 14.0. The van der Waals surface area contributed by atoms with Crippen LogP contribution in [-0.4, -0.2) is 36.1 Å². The minimum atomic E-state index is -0.542. The van der Waals surface area contributed by atoms with E-state index in [9.17, 15) is 4.79 Å². The molecule has 2 aliphatic rings. The van der Waals surface area contributed by atoms with E-state index in [1.165, 1.54) is 0 Å². The van der Waals surface area contributed by atoms with E-state index in [1.54, 1.807) is 24.2 Å². The Balaban J connectivity index is 1.67. The number of hydrogen-bond acceptors (Lipinski definition) is 5. The molecular formula is C22H19ClN4O2. The van der Waals surface area contributed by atoms with Crippen molar-refractivity contribution in [3.05, 3.63) is 76.6 Å². The van der Waals surface area contributed by atoms with Gasteiger partial charge in [0.05, 0.1) is 17.9 Å². The van der Waals surface area contributed by atoms with Crippen molar-refractivity contribution in [2.75, 3.05) is 30.0 Å². The molecule has 7 heteroatoms. The van der Waals surface area contributed by atoms with E-state index in [2.05, 4.69) is 4.98 Å². The molecule has 4 heterocycles. The van der Waals surface area contributed by atoms with Gasteiger partial charge in [-0.15, -0.1) is 0 Å². The summed E-state index contributed by atoms with van der Waals surface area (Å²) in [5, 5.41) is 0.373. The minimum absolute atomic E-state index is 0.139. The predicted molar refractivity (Wildman–Crippen MR) is 112 cm³/mol. The highest BCUT2D eigenvalue weighted by molar-refractivity contribution is 6.29. The van der Waals surface area contributed by atoms with Gasteiger partial charge < -0.3 is 14.5 Å². The Morgan fingerprint density at radius 3 is 2.59 bits per heavy atom. The van der Waals surface area contributed by atoms with Gasteiger partial charge in [0.1, 0.15) is 16.6 Å². The van der Waals surface area contributed by atoms with E-state index in [-0.39, 0.29) is 5.91 Å². The maximum absolute atomic E-state index is 13.3. The fourth-order valence-corrected chi connectivity index (χ4v) is 4.04. The second-order valence-electron chi connectivity index (χ2n) is 7.16. The van der Waals surface area contributed by atoms with Crippen molar-refractivity contribution < 1.29 is 9.53 Å². The number of carbonyl (C=O) groups is 1. The van der Waals surface area contributed by atoms with Crippen molar-refractivity contribution in [3.8, 4) is 0 Å². The van der Waals surface area contributed by atoms with Gasteiger partial charge in [-0.25, -0.2) is 9.97 Å². The highest BCUT2D eigenvalue weighted by atomic mass is 35.5. The maximum atomic E-state index is 13.3. The van der Waals surface area contributed by atoms with Crippen molar-refractivity contribution in [1.29, 1.82) is 0 Å². The maximum Gasteiger partial charge on any atom is 0.261 e. The van der Waals surface area contributed by atoms with Gasteiger partial charge >= 0.3 is 0 Å². The average Bonchev–Trinajstić information content (AvgIpc) is 3.56. The Kier molecular flexibility index (Phi) is 4.08. The average molecular weight is 407 g/mol. The molecule has 0 spiro atoms. The van der Waals surface area contributed by atoms with E-state index >= 15 is 0 Å². The zero-order chi connectivity index (χ0) is 20.2. The molecule has 3 aromatic rings. The summed E-state index contributed by atoms with van der Waals surface area (Å²) >= 11 is 6.15. The van der Waals surface area contributed by atoms with E-state index in [1.807, 2.05) is 54.3 Å². The van der Waals surface area contributed by atoms with Gasteiger partial charge in [0, 0.05) is 25.4 Å². The summed E-state index contributed by atoms with van der Waals surface area (Å²) in [7, 11) is 1.74. The number of aromatic nitrogens is 2. The SMILES string of the molecule is CCN1c2ncc(C3(c4ccccc4)CO3)cc2C(=O)N(C)c2ccc(Cl)nc21. The van der Waals surface area contributed by atoms with Gasteiger partial charge in [-0.2, -0.15) is 0 Å². The van der Waals surface area contributed by atoms with Crippen LogP contribution in [0, 0.1) is 0 Å². The molecule has 1 saturated heterocycles. The molecule has 0 bridgehead atoms. The molecule has 0 aliphatic carbocycles. The molecule has 2 aliphatic heterocycles. The normalized spacial score (nSPS) is 20.2. The Morgan fingerprint density at radius 1 is 1.14 bits per heavy atom. The van der Waals surface area contributed by atoms with Crippen molar-refractivity contribution >= 4 is 34.8 Å². The lowest BCUT2D eigenvalue weighted by Gasteiger charge is -2.23. The third-order valence-corrected chi connectivity index (χ3v) is 5.76. The number of rotatable bonds is 3. The van der Waals surface area contributed by atoms with E-state index in [4.69, 9.17) is 21.3 Å². The molecule has 1 aromatic carbocycles. The first kappa shape index (κ1) is 18.1. The molecule has 5 rings (SSSR count). The highest BCUT2D eigenvalue weighted by Gasteiger charge is 2.49. The third kappa shape index (κ3) is 2.71. The molecule has 146 valence electrons. The lowest BCUT2D eigenvalue weighted by atomic mass is 9.92. The van der Waals surface area contributed by atoms with Gasteiger partial charge in [-0.05, 0) is 30.7 Å². The summed E-state index contributed by atoms with van der Waals surface area (Å²) in [5.41, 5.74) is 2.60. The molecule has 1 fully saturated rings. The number of epoxide rings is 1. The quantitative estimate of drug-likeness (QED) is 0.483. The van der Waals surface area contributed by atoms with Crippen LogP contribution in [0.1, 0.15) is 28.4 Å². The van der Waals surface area contributed by atoms with Gasteiger partial charge in [-0.1, -0.05) is 41.9 Å². The van der Waals surface area contributed by atoms with Crippen LogP contribution in [0.25, 0.3) is 0 Å². The standard InChI is InChI=1S/C22H19ClN4O2/c1-3-27-19-16(21(28)26(2)17-9-10-18(23)25-20(17)27)11-15(12-24-19)22(13-29-22)14-7-5-4-6-8-14/h4-12H,3,13H2,1-2H3. The number of anilines is 3. The monoisotopic (exact) mass is 406 g/mol. The molecule has 0 N–H and O–H groups in total. The zero-order valence-corrected chi connectivity index (χ0v) is 16.8. The summed E-state index contributed by atoms with van der Waals surface area (Å²) in [6.45, 7) is 3.16. The van der Waals surface area contributed by atoms with E-state index in [0.29, 0.717) is 41.2 Å². The number of carbonyl (C=O) groups excluding carboxylic acids is 1. The van der Waals surface area contributed by atoms with Crippen LogP contribution in [-0.2, 0) is 10.3 Å². The minimum Gasteiger partial charge on any atom is -0.359 e. The molecule has 0 saturated carbocycles. The van der Waals surface area contributed by atoms with E-state index in [0.717, 1.165) is 11.1 Å². The number of amides is 1. The molecule has 2 aromatic heterocycles. The molecule has 1 unspecified atom stereocenters. The smallest absolute Gasteiger partial charge is 0.261 e. The van der Waals surface area contributed by atoms with Crippen LogP contribution < -0.4 is 9.80 Å². The van der Waals surface area contributed by atoms with Crippen molar-refractivity contribution in [3.63, 3.8) is 0 Å². The highest BCUT2D eigenvalue weighted by Crippen LogP contribution is 2.46. The number of fused-ring (bicyclic) bond motifs is 2. The lowest BCUT2D eigenvalue weighted by Crippen LogP contribution is -2.26. The number of pyridine rings is 2. The summed E-state index contributed by atoms with van der Waals surface area (Å²) in [4.78, 5) is 26.0. The predicted octanol–water partition coefficient (Wildman–Crippen LogP) is 4.15. The molecule has 0 radical (unpaired) electrons. The topological polar surface area (TPSA) is 61.9 Å². The van der Waals surface area contributed by atoms with Gasteiger partial charge in [0.25, 0.3) is 5.91 Å². The number of halogens is 1. The van der Waals surface area contributed by atoms with Crippen molar-refractivity contribution in [2.45, 2.75) is 12.5 Å². The molecule has 6 nitrogen and oxygen atoms in total. The largest absolute Gasteiger partial charge is 0.359 e. The summed E-state index contributed by atoms with van der Waals surface area (Å²) in [6, 6.07) is 15.4. The van der Waals surface area contributed by atoms with Crippen LogP contribution >= 0.6 is 11.6 Å². The van der Waals surface area contributed by atoms with Crippen molar-refractivity contribution in [2.24, 2.45) is 0 Å². The fourth-order valence-electron chi connectivity index (χ4n) is 3.90. The summed E-state index contributed by atoms with van der Waals surface area (Å²) < 4.78 is 5.88. The molecule has 29 heavy (non-hydrogen) atoms. The Morgan fingerprint density at radius 2 is 1.90 bits per heavy atom. The second-order valence-corrected chi connectivity index (χ2v) is 7.55. The Hall–Kier alpha value is -2.96. The Bertz CT molecular complexity index is 1120. The Labute approximate surface area is 173 Å². The van der Waals surface area contributed by atoms with Crippen LogP contribution in [0.15, 0.2) is 54.7 Å². The van der Waals surface area contributed by atoms with Gasteiger partial charge in [0.2, 0.25) is 0 Å². The number of hydrogen-bond donors (Lipinski definition) is 0. The molecule has 1 atom stereocenters.